The predicted octanol–water partition coefficient (Wildman–Crippen LogP) is 5.80. The third kappa shape index (κ3) is 5.26. The molecule has 0 fully saturated rings. The number of benzene rings is 2. The van der Waals surface area contributed by atoms with Gasteiger partial charge in [-0.1, -0.05) is 38.1 Å². The fraction of sp³-hybridized carbons (Fsp3) is 0.379. The molecular formula is C29H35N2O5S+. The van der Waals surface area contributed by atoms with Crippen molar-refractivity contribution >= 4 is 33.2 Å². The molecule has 2 aliphatic rings. The first-order valence-corrected chi connectivity index (χ1v) is 14.0. The number of hydrogen-bond acceptors (Lipinski definition) is 4. The van der Waals surface area contributed by atoms with E-state index in [9.17, 15) is 17.8 Å². The molecule has 0 saturated carbocycles. The van der Waals surface area contributed by atoms with Crippen LogP contribution in [0.3, 0.4) is 0 Å². The topological polar surface area (TPSA) is 107 Å². The van der Waals surface area contributed by atoms with Crippen LogP contribution in [-0.4, -0.2) is 40.9 Å². The Hall–Kier alpha value is -3.23. The zero-order chi connectivity index (χ0) is 27.0. The second kappa shape index (κ2) is 9.91. The molecule has 7 nitrogen and oxygen atoms in total. The lowest BCUT2D eigenvalue weighted by Crippen LogP contribution is -2.28. The molecule has 0 bridgehead atoms. The number of allylic oxidation sites excluding steroid dienone is 4. The third-order valence-corrected chi connectivity index (χ3v) is 8.34. The van der Waals surface area contributed by atoms with E-state index in [-0.39, 0.29) is 16.7 Å². The molecule has 8 heteroatoms. The maximum absolute atomic E-state index is 11.6. The van der Waals surface area contributed by atoms with Crippen molar-refractivity contribution in [1.82, 2.24) is 0 Å². The number of rotatable bonds is 9. The first-order valence-electron chi connectivity index (χ1n) is 12.6. The van der Waals surface area contributed by atoms with Gasteiger partial charge in [-0.3, -0.25) is 9.35 Å². The molecule has 0 aromatic heterocycles. The second-order valence-electron chi connectivity index (χ2n) is 10.8. The highest BCUT2D eigenvalue weighted by molar-refractivity contribution is 7.85. The average molecular weight is 524 g/mol. The smallest absolute Gasteiger partial charge is 0.303 e. The van der Waals surface area contributed by atoms with Crippen LogP contribution in [0.5, 0.6) is 0 Å². The Morgan fingerprint density at radius 2 is 1.73 bits per heavy atom. The Morgan fingerprint density at radius 3 is 2.43 bits per heavy atom. The van der Waals surface area contributed by atoms with Crippen molar-refractivity contribution in [3.05, 3.63) is 77.5 Å². The van der Waals surface area contributed by atoms with E-state index in [0.717, 1.165) is 36.3 Å². The number of para-hydroxylation sites is 1. The molecule has 2 aromatic rings. The lowest BCUT2D eigenvalue weighted by atomic mass is 9.81. The molecule has 0 aliphatic carbocycles. The Morgan fingerprint density at radius 1 is 1.00 bits per heavy atom. The Kier molecular flexibility index (Phi) is 7.18. The fourth-order valence-electron chi connectivity index (χ4n) is 5.35. The van der Waals surface area contributed by atoms with Crippen molar-refractivity contribution in [2.75, 3.05) is 11.9 Å². The van der Waals surface area contributed by atoms with Crippen molar-refractivity contribution in [3.8, 4) is 0 Å². The van der Waals surface area contributed by atoms with Crippen LogP contribution >= 0.6 is 0 Å². The Bertz CT molecular complexity index is 1430. The number of nitrogens with one attached hydrogen (secondary N) is 1. The highest BCUT2D eigenvalue weighted by Crippen LogP contribution is 2.44. The van der Waals surface area contributed by atoms with Crippen molar-refractivity contribution in [1.29, 1.82) is 0 Å². The molecule has 3 N–H and O–H groups in total. The van der Waals surface area contributed by atoms with Gasteiger partial charge >= 0.3 is 5.97 Å². The van der Waals surface area contributed by atoms with Gasteiger partial charge in [0.15, 0.2) is 5.71 Å². The van der Waals surface area contributed by atoms with E-state index in [4.69, 9.17) is 5.11 Å². The van der Waals surface area contributed by atoms with Crippen LogP contribution in [0.2, 0.25) is 0 Å². The van der Waals surface area contributed by atoms with Crippen molar-refractivity contribution in [2.24, 2.45) is 0 Å². The third-order valence-electron chi connectivity index (χ3n) is 7.49. The summed E-state index contributed by atoms with van der Waals surface area (Å²) >= 11 is 0. The number of anilines is 1. The highest BCUT2D eigenvalue weighted by Gasteiger charge is 2.44. The number of fused-ring (bicyclic) bond motifs is 2. The first-order chi connectivity index (χ1) is 17.3. The summed E-state index contributed by atoms with van der Waals surface area (Å²) in [7, 11) is -4.28. The van der Waals surface area contributed by atoms with Gasteiger partial charge < -0.3 is 10.4 Å². The number of carboxylic acid groups (broad SMARTS) is 1. The normalized spacial score (nSPS) is 18.8. The average Bonchev–Trinajstić information content (AvgIpc) is 3.20. The lowest BCUT2D eigenvalue weighted by Gasteiger charge is -2.20. The molecule has 2 aliphatic heterocycles. The molecule has 196 valence electrons. The molecular weight excluding hydrogens is 488 g/mol. The van der Waals surface area contributed by atoms with E-state index in [0.29, 0.717) is 6.42 Å². The molecule has 4 rings (SSSR count). The van der Waals surface area contributed by atoms with Gasteiger partial charge in [-0.2, -0.15) is 13.0 Å². The number of nitrogens with zero attached hydrogens (tertiary/aromatic N) is 1. The number of hydrogen-bond donors (Lipinski definition) is 3. The molecule has 0 unspecified atom stereocenters. The molecule has 2 aromatic carbocycles. The molecule has 0 saturated heterocycles. The van der Waals surface area contributed by atoms with Crippen LogP contribution in [0.25, 0.3) is 0 Å². The standard InChI is InChI=1S/C29H34N2O5S/c1-28(2)22-19-20(37(34,35)36)16-17-23(22)30-25(28)13-10-14-26-29(3,4)21-11-7-8-12-24(21)31(26)18-9-5-6-15-27(32)33/h7-8,10-14,16-17,19H,5-6,9,15,18H2,1-4H3,(H2,32,33,34,35,36)/p+1. The van der Waals surface area contributed by atoms with Gasteiger partial charge in [0.05, 0.1) is 10.3 Å². The SMILES string of the molecule is CC1(C)C(/C=C/C=C2/Nc3ccc(S(=O)(=O)O)cc3C2(C)C)=[N+](CCCCCC(=O)O)c2ccccc21. The van der Waals surface area contributed by atoms with Crippen LogP contribution in [0.15, 0.2) is 71.3 Å². The fourth-order valence-corrected chi connectivity index (χ4v) is 5.85. The largest absolute Gasteiger partial charge is 0.481 e. The summed E-state index contributed by atoms with van der Waals surface area (Å²) in [6.07, 6.45) is 8.80. The number of carboxylic acids is 1. The maximum atomic E-state index is 11.6. The zero-order valence-electron chi connectivity index (χ0n) is 21.8. The minimum atomic E-state index is -4.28. The van der Waals surface area contributed by atoms with Crippen LogP contribution in [0, 0.1) is 0 Å². The zero-order valence-corrected chi connectivity index (χ0v) is 22.6. The van der Waals surface area contributed by atoms with Crippen LogP contribution in [-0.2, 0) is 25.7 Å². The molecule has 0 spiro atoms. The molecule has 37 heavy (non-hydrogen) atoms. The van der Waals surface area contributed by atoms with E-state index in [1.165, 1.54) is 29.1 Å². The van der Waals surface area contributed by atoms with Crippen LogP contribution in [0.1, 0.15) is 64.5 Å². The first kappa shape index (κ1) is 26.8. The van der Waals surface area contributed by atoms with E-state index < -0.39 is 21.5 Å². The molecule has 2 heterocycles. The van der Waals surface area contributed by atoms with Crippen molar-refractivity contribution in [2.45, 2.75) is 69.1 Å². The summed E-state index contributed by atoms with van der Waals surface area (Å²) in [4.78, 5) is 10.7. The Labute approximate surface area is 219 Å². The van der Waals surface area contributed by atoms with Crippen molar-refractivity contribution < 1.29 is 27.4 Å². The monoisotopic (exact) mass is 523 g/mol. The number of unbranched alkanes of at least 4 members (excludes halogenated alkanes) is 2. The van der Waals surface area contributed by atoms with Crippen molar-refractivity contribution in [3.63, 3.8) is 0 Å². The van der Waals surface area contributed by atoms with Gasteiger partial charge in [-0.15, -0.1) is 0 Å². The quantitative estimate of drug-likeness (QED) is 0.218. The number of aliphatic carboxylic acids is 1. The summed E-state index contributed by atoms with van der Waals surface area (Å²) in [5.41, 5.74) is 5.51. The van der Waals surface area contributed by atoms with Gasteiger partial charge in [-0.05, 0) is 56.5 Å². The maximum Gasteiger partial charge on any atom is 0.303 e. The van der Waals surface area contributed by atoms with E-state index in [1.54, 1.807) is 6.07 Å². The molecule has 0 radical (unpaired) electrons. The minimum absolute atomic E-state index is 0.113. The van der Waals surface area contributed by atoms with Gasteiger partial charge in [0, 0.05) is 47.3 Å². The lowest BCUT2D eigenvalue weighted by molar-refractivity contribution is -0.438. The van der Waals surface area contributed by atoms with Crippen LogP contribution in [0.4, 0.5) is 11.4 Å². The number of carbonyl (C=O) groups is 1. The highest BCUT2D eigenvalue weighted by atomic mass is 32.2. The van der Waals surface area contributed by atoms with Gasteiger partial charge in [-0.25, -0.2) is 0 Å². The predicted molar refractivity (Wildman–Crippen MR) is 145 cm³/mol. The summed E-state index contributed by atoms with van der Waals surface area (Å²) in [5.74, 6) is -0.754. The van der Waals surface area contributed by atoms with Crippen LogP contribution < -0.4 is 5.32 Å². The van der Waals surface area contributed by atoms with E-state index >= 15 is 0 Å². The summed E-state index contributed by atoms with van der Waals surface area (Å²) in [6, 6.07) is 13.0. The summed E-state index contributed by atoms with van der Waals surface area (Å²) in [5, 5.41) is 12.3. The summed E-state index contributed by atoms with van der Waals surface area (Å²) < 4.78 is 35.1. The molecule has 0 amide bonds. The second-order valence-corrected chi connectivity index (χ2v) is 12.2. The Balaban J connectivity index is 1.62. The van der Waals surface area contributed by atoms with E-state index in [1.807, 2.05) is 32.1 Å². The van der Waals surface area contributed by atoms with Gasteiger partial charge in [0.25, 0.3) is 10.1 Å². The minimum Gasteiger partial charge on any atom is -0.481 e. The molecule has 0 atom stereocenters. The van der Waals surface area contributed by atoms with Gasteiger partial charge in [0.2, 0.25) is 5.69 Å². The van der Waals surface area contributed by atoms with E-state index in [2.05, 4.69) is 48.0 Å². The van der Waals surface area contributed by atoms with Gasteiger partial charge in [0.1, 0.15) is 6.54 Å². The summed E-state index contributed by atoms with van der Waals surface area (Å²) in [6.45, 7) is 9.28.